The SMILES string of the molecule is COc1cc(OC)cc(/C(Cl)=N/O)c1. The molecule has 0 radical (unpaired) electrons. The molecule has 1 rings (SSSR count). The largest absolute Gasteiger partial charge is 0.497 e. The van der Waals surface area contributed by atoms with Gasteiger partial charge in [-0.3, -0.25) is 0 Å². The standard InChI is InChI=1S/C9H10ClNO3/c1-13-7-3-6(9(10)11-12)4-8(5-7)14-2/h3-5,12H,1-2H3/b11-9-. The van der Waals surface area contributed by atoms with E-state index in [9.17, 15) is 0 Å². The summed E-state index contributed by atoms with van der Waals surface area (Å²) in [6.45, 7) is 0. The molecule has 14 heavy (non-hydrogen) atoms. The van der Waals surface area contributed by atoms with Crippen molar-refractivity contribution in [2.24, 2.45) is 5.16 Å². The fourth-order valence-corrected chi connectivity index (χ4v) is 1.09. The van der Waals surface area contributed by atoms with Crippen molar-refractivity contribution in [2.75, 3.05) is 14.2 Å². The quantitative estimate of drug-likeness (QED) is 0.477. The van der Waals surface area contributed by atoms with Gasteiger partial charge in [0, 0.05) is 11.6 Å². The Balaban J connectivity index is 3.17. The molecule has 0 aliphatic heterocycles. The number of nitrogens with zero attached hydrogens (tertiary/aromatic N) is 1. The normalized spacial score (nSPS) is 11.2. The first-order valence-corrected chi connectivity index (χ1v) is 4.20. The van der Waals surface area contributed by atoms with Crippen molar-refractivity contribution in [3.05, 3.63) is 23.8 Å². The zero-order valence-corrected chi connectivity index (χ0v) is 8.58. The Labute approximate surface area is 86.7 Å². The number of ether oxygens (including phenoxy) is 2. The Kier molecular flexibility index (Phi) is 3.59. The Morgan fingerprint density at radius 1 is 1.21 bits per heavy atom. The van der Waals surface area contributed by atoms with E-state index in [4.69, 9.17) is 26.3 Å². The molecule has 1 N–H and O–H groups in total. The second kappa shape index (κ2) is 4.72. The van der Waals surface area contributed by atoms with Gasteiger partial charge in [-0.15, -0.1) is 0 Å². The van der Waals surface area contributed by atoms with Crippen LogP contribution in [-0.2, 0) is 0 Å². The first kappa shape index (κ1) is 10.7. The summed E-state index contributed by atoms with van der Waals surface area (Å²) in [5.74, 6) is 1.17. The lowest BCUT2D eigenvalue weighted by atomic mass is 10.2. The van der Waals surface area contributed by atoms with Crippen molar-refractivity contribution in [1.82, 2.24) is 0 Å². The van der Waals surface area contributed by atoms with Crippen LogP contribution in [0.15, 0.2) is 23.4 Å². The van der Waals surface area contributed by atoms with Gasteiger partial charge < -0.3 is 14.7 Å². The predicted molar refractivity (Wildman–Crippen MR) is 53.7 cm³/mol. The Bertz CT molecular complexity index is 330. The van der Waals surface area contributed by atoms with Crippen LogP contribution in [0.4, 0.5) is 0 Å². The lowest BCUT2D eigenvalue weighted by Crippen LogP contribution is -1.95. The van der Waals surface area contributed by atoms with Gasteiger partial charge in [-0.25, -0.2) is 0 Å². The molecule has 1 aromatic rings. The van der Waals surface area contributed by atoms with Gasteiger partial charge in [0.1, 0.15) is 11.5 Å². The first-order chi connectivity index (χ1) is 6.71. The summed E-state index contributed by atoms with van der Waals surface area (Å²) < 4.78 is 10.0. The third kappa shape index (κ3) is 2.29. The highest BCUT2D eigenvalue weighted by Crippen LogP contribution is 2.23. The molecule has 0 saturated heterocycles. The van der Waals surface area contributed by atoms with E-state index in [2.05, 4.69) is 5.16 Å². The maximum atomic E-state index is 8.49. The summed E-state index contributed by atoms with van der Waals surface area (Å²) in [6, 6.07) is 4.99. The third-order valence-electron chi connectivity index (χ3n) is 1.68. The number of oxime groups is 1. The zero-order chi connectivity index (χ0) is 10.6. The Hall–Kier alpha value is -1.42. The molecule has 0 atom stereocenters. The monoisotopic (exact) mass is 215 g/mol. The van der Waals surface area contributed by atoms with Gasteiger partial charge in [-0.05, 0) is 12.1 Å². The minimum absolute atomic E-state index is 0.0119. The molecule has 0 amide bonds. The summed E-state index contributed by atoms with van der Waals surface area (Å²) >= 11 is 5.64. The van der Waals surface area contributed by atoms with Crippen LogP contribution >= 0.6 is 11.6 Å². The van der Waals surface area contributed by atoms with Crippen molar-refractivity contribution < 1.29 is 14.7 Å². The Morgan fingerprint density at radius 2 is 1.71 bits per heavy atom. The number of benzene rings is 1. The fraction of sp³-hybridized carbons (Fsp3) is 0.222. The molecule has 0 saturated carbocycles. The van der Waals surface area contributed by atoms with E-state index < -0.39 is 0 Å². The average Bonchev–Trinajstić information content (AvgIpc) is 2.27. The maximum absolute atomic E-state index is 8.49. The lowest BCUT2D eigenvalue weighted by molar-refractivity contribution is 0.320. The van der Waals surface area contributed by atoms with E-state index >= 15 is 0 Å². The van der Waals surface area contributed by atoms with Crippen molar-refractivity contribution in [2.45, 2.75) is 0 Å². The zero-order valence-electron chi connectivity index (χ0n) is 7.82. The van der Waals surface area contributed by atoms with E-state index in [1.54, 1.807) is 18.2 Å². The molecule has 0 spiro atoms. The molecule has 76 valence electrons. The number of methoxy groups -OCH3 is 2. The summed E-state index contributed by atoms with van der Waals surface area (Å²) in [5.41, 5.74) is 0.533. The highest BCUT2D eigenvalue weighted by molar-refractivity contribution is 6.69. The highest BCUT2D eigenvalue weighted by atomic mass is 35.5. The fourth-order valence-electron chi connectivity index (χ4n) is 0.984. The van der Waals surface area contributed by atoms with Crippen LogP contribution in [0.5, 0.6) is 11.5 Å². The third-order valence-corrected chi connectivity index (χ3v) is 1.97. The Morgan fingerprint density at radius 3 is 2.07 bits per heavy atom. The van der Waals surface area contributed by atoms with E-state index in [0.717, 1.165) is 0 Å². The molecule has 0 fully saturated rings. The van der Waals surface area contributed by atoms with E-state index in [-0.39, 0.29) is 5.17 Å². The molecule has 5 heteroatoms. The molecule has 0 aliphatic carbocycles. The van der Waals surface area contributed by atoms with Gasteiger partial charge in [0.25, 0.3) is 0 Å². The van der Waals surface area contributed by atoms with Gasteiger partial charge in [-0.2, -0.15) is 0 Å². The van der Waals surface area contributed by atoms with E-state index in [1.165, 1.54) is 14.2 Å². The van der Waals surface area contributed by atoms with Crippen LogP contribution in [0.25, 0.3) is 0 Å². The number of hydrogen-bond donors (Lipinski definition) is 1. The van der Waals surface area contributed by atoms with Crippen molar-refractivity contribution >= 4 is 16.8 Å². The number of halogens is 1. The van der Waals surface area contributed by atoms with Crippen molar-refractivity contribution in [3.63, 3.8) is 0 Å². The van der Waals surface area contributed by atoms with Crippen LogP contribution in [0, 0.1) is 0 Å². The van der Waals surface area contributed by atoms with Crippen LogP contribution < -0.4 is 9.47 Å². The highest BCUT2D eigenvalue weighted by Gasteiger charge is 2.05. The van der Waals surface area contributed by atoms with Crippen LogP contribution in [0.1, 0.15) is 5.56 Å². The molecule has 0 bridgehead atoms. The van der Waals surface area contributed by atoms with Crippen molar-refractivity contribution in [1.29, 1.82) is 0 Å². The van der Waals surface area contributed by atoms with E-state index in [0.29, 0.717) is 17.1 Å². The summed E-state index contributed by atoms with van der Waals surface area (Å²) in [7, 11) is 3.06. The van der Waals surface area contributed by atoms with Crippen LogP contribution in [0.2, 0.25) is 0 Å². The predicted octanol–water partition coefficient (Wildman–Crippen LogP) is 2.08. The van der Waals surface area contributed by atoms with Gasteiger partial charge in [0.05, 0.1) is 14.2 Å². The summed E-state index contributed by atoms with van der Waals surface area (Å²) in [5, 5.41) is 11.4. The van der Waals surface area contributed by atoms with Crippen LogP contribution in [0.3, 0.4) is 0 Å². The molecule has 4 nitrogen and oxygen atoms in total. The topological polar surface area (TPSA) is 51.0 Å². The van der Waals surface area contributed by atoms with Gasteiger partial charge >= 0.3 is 0 Å². The lowest BCUT2D eigenvalue weighted by Gasteiger charge is -2.06. The smallest absolute Gasteiger partial charge is 0.175 e. The average molecular weight is 216 g/mol. The van der Waals surface area contributed by atoms with Crippen molar-refractivity contribution in [3.8, 4) is 11.5 Å². The molecule has 0 aromatic heterocycles. The minimum Gasteiger partial charge on any atom is -0.497 e. The summed E-state index contributed by atoms with van der Waals surface area (Å²) in [6.07, 6.45) is 0. The minimum atomic E-state index is -0.0119. The molecule has 1 aromatic carbocycles. The van der Waals surface area contributed by atoms with Crippen LogP contribution in [-0.4, -0.2) is 24.6 Å². The maximum Gasteiger partial charge on any atom is 0.175 e. The van der Waals surface area contributed by atoms with Gasteiger partial charge in [0.2, 0.25) is 0 Å². The second-order valence-electron chi connectivity index (χ2n) is 2.49. The first-order valence-electron chi connectivity index (χ1n) is 3.82. The number of hydrogen-bond acceptors (Lipinski definition) is 4. The van der Waals surface area contributed by atoms with Gasteiger partial charge in [-0.1, -0.05) is 16.8 Å². The second-order valence-corrected chi connectivity index (χ2v) is 2.85. The molecule has 0 heterocycles. The molecular weight excluding hydrogens is 206 g/mol. The molecule has 0 aliphatic rings. The van der Waals surface area contributed by atoms with Gasteiger partial charge in [0.15, 0.2) is 5.17 Å². The van der Waals surface area contributed by atoms with E-state index in [1.807, 2.05) is 0 Å². The summed E-state index contributed by atoms with van der Waals surface area (Å²) in [4.78, 5) is 0. The number of rotatable bonds is 3. The molecule has 0 unspecified atom stereocenters. The molecular formula is C9H10ClNO3.